The lowest BCUT2D eigenvalue weighted by Crippen LogP contribution is -2.60. The maximum atomic E-state index is 14.1. The highest BCUT2D eigenvalue weighted by Crippen LogP contribution is 2.51. The number of halogens is 2. The number of anilines is 2. The molecule has 6 aliphatic rings. The van der Waals surface area contributed by atoms with Crippen molar-refractivity contribution in [2.45, 2.75) is 232 Å². The molecule has 562 valence electrons. The van der Waals surface area contributed by atoms with Crippen LogP contribution in [0.5, 0.6) is 0 Å². The van der Waals surface area contributed by atoms with Gasteiger partial charge in [0.1, 0.15) is 65.2 Å². The summed E-state index contributed by atoms with van der Waals surface area (Å²) in [4.78, 5) is 126. The molecule has 0 radical (unpaired) electrons. The van der Waals surface area contributed by atoms with Gasteiger partial charge in [0, 0.05) is 78.2 Å². The summed E-state index contributed by atoms with van der Waals surface area (Å²) in [6, 6.07) is 4.25. The van der Waals surface area contributed by atoms with Gasteiger partial charge in [-0.25, -0.2) is 19.2 Å². The molecule has 18 unspecified atom stereocenters. The zero-order valence-electron chi connectivity index (χ0n) is 62.8. The molecule has 5 N–H and O–H groups in total. The Morgan fingerprint density at radius 2 is 1.00 bits per heavy atom. The number of aryl methyl sites for hydroxylation is 2. The fourth-order valence-electron chi connectivity index (χ4n) is 13.6. The highest BCUT2D eigenvalue weighted by Gasteiger charge is 2.66. The minimum Gasteiger partial charge on any atom is -0.457 e. The molecule has 6 aliphatic heterocycles. The minimum atomic E-state index is -1.62. The lowest BCUT2D eigenvalue weighted by atomic mass is 9.82. The largest absolute Gasteiger partial charge is 0.457 e. The summed E-state index contributed by atoms with van der Waals surface area (Å²) < 4.78 is 36.0. The van der Waals surface area contributed by atoms with Crippen LogP contribution in [0.3, 0.4) is 0 Å². The number of rotatable bonds is 11. The lowest BCUT2D eigenvalue weighted by molar-refractivity contribution is -0.163. The van der Waals surface area contributed by atoms with E-state index in [9.17, 15) is 53.4 Å². The maximum absolute atomic E-state index is 14.1. The van der Waals surface area contributed by atoms with E-state index < -0.39 is 143 Å². The van der Waals surface area contributed by atoms with Gasteiger partial charge in [0.05, 0.1) is 52.5 Å². The Balaban J connectivity index is 0.000000287. The first kappa shape index (κ1) is 81.9. The van der Waals surface area contributed by atoms with Gasteiger partial charge in [0.15, 0.2) is 0 Å². The summed E-state index contributed by atoms with van der Waals surface area (Å²) in [5, 5.41) is 32.2. The summed E-state index contributed by atoms with van der Waals surface area (Å²) in [6.45, 7) is 26.5. The van der Waals surface area contributed by atoms with Crippen LogP contribution in [0.15, 0.2) is 71.9 Å². The first-order valence-corrected chi connectivity index (χ1v) is 35.7. The molecule has 0 spiro atoms. The second kappa shape index (κ2) is 32.7. The number of amides is 7. The molecule has 8 bridgehead atoms. The molecular weight excluding hydrogens is 1360 g/mol. The van der Waals surface area contributed by atoms with E-state index in [-0.39, 0.29) is 49.8 Å². The van der Waals surface area contributed by atoms with Gasteiger partial charge in [0.2, 0.25) is 29.5 Å². The number of epoxide rings is 2. The molecular formula is C75H106Cl2N8O17. The van der Waals surface area contributed by atoms with Gasteiger partial charge in [-0.2, -0.15) is 0 Å². The Kier molecular flexibility index (Phi) is 26.3. The van der Waals surface area contributed by atoms with Crippen molar-refractivity contribution in [1.82, 2.24) is 30.7 Å². The van der Waals surface area contributed by atoms with Crippen LogP contribution in [0, 0.1) is 37.5 Å². The quantitative estimate of drug-likeness (QED) is 0.0797. The number of carbonyl (C=O) groups excluding carboxylic acids is 9. The van der Waals surface area contributed by atoms with Crippen molar-refractivity contribution in [2.24, 2.45) is 23.7 Å². The number of benzene rings is 2. The standard InChI is InChI=1S/C39H55ClN4O9.C36H51ClN4O8/c1-12-31(45)42(9)25(6)35(47)43(10)26(7)36(48)52-30-19-32(46)44(11)28-18-27(17-22(3)33(28)40)16-21(2)14-13-15-23(4)39(50)20-29(51-37(49)41-39)24(5)34-38(30,8)53-34;1-19-12-11-13-21(3)36(46)18-27(47-34(45)39-36)22(4)31-35(7,49-31)28(48-33(44)24(6)40(9)32(43)23(5)38-8)17-29(42)41(10)26-16-25(14-19)15-20(2)30(26)37/h13-15,17-18,23-26,29-30,34,50H,12,16,19-20H2,1-11H3,(H,41,49);11-13,15-16,21-24,27-28,31,38,46H,14,17-18H2,1-10H3,(H,39,45)/b15-13+,21-14+;13-11+,19-12+. The smallest absolute Gasteiger partial charge is 0.409 e. The van der Waals surface area contributed by atoms with E-state index in [0.29, 0.717) is 34.3 Å². The number of fused-ring (bicyclic) bond motifs is 10. The van der Waals surface area contributed by atoms with E-state index in [0.717, 1.165) is 33.4 Å². The number of likely N-dealkylation sites (N-methyl/N-ethyl adjacent to an activating group) is 4. The topological polar surface area (TPSA) is 308 Å². The van der Waals surface area contributed by atoms with Crippen LogP contribution in [-0.4, -0.2) is 204 Å². The molecule has 4 saturated heterocycles. The third-order valence-electron chi connectivity index (χ3n) is 21.7. The van der Waals surface area contributed by atoms with Crippen molar-refractivity contribution >= 4 is 88.2 Å². The Labute approximate surface area is 609 Å². The van der Waals surface area contributed by atoms with E-state index in [2.05, 4.69) is 16.0 Å². The van der Waals surface area contributed by atoms with Gasteiger partial charge in [-0.05, 0) is 124 Å². The third kappa shape index (κ3) is 18.2. The molecule has 2 aromatic rings. The third-order valence-corrected chi connectivity index (χ3v) is 22.7. The van der Waals surface area contributed by atoms with E-state index >= 15 is 0 Å². The van der Waals surface area contributed by atoms with E-state index in [4.69, 9.17) is 51.6 Å². The van der Waals surface area contributed by atoms with Crippen LogP contribution in [0.1, 0.15) is 144 Å². The van der Waals surface area contributed by atoms with Gasteiger partial charge >= 0.3 is 24.1 Å². The van der Waals surface area contributed by atoms with Crippen LogP contribution in [0.4, 0.5) is 21.0 Å². The molecule has 0 aromatic heterocycles. The summed E-state index contributed by atoms with van der Waals surface area (Å²) >= 11 is 13.5. The fourth-order valence-corrected chi connectivity index (χ4v) is 14.1. The molecule has 0 saturated carbocycles. The fraction of sp³-hybridized carbons (Fsp3) is 0.613. The molecule has 4 fully saturated rings. The maximum Gasteiger partial charge on any atom is 0.409 e. The van der Waals surface area contributed by atoms with Crippen LogP contribution in [0.25, 0.3) is 0 Å². The Bertz CT molecular complexity index is 3680. The van der Waals surface area contributed by atoms with Crippen molar-refractivity contribution in [3.8, 4) is 0 Å². The number of nitrogens with zero attached hydrogens (tertiary/aromatic N) is 5. The molecule has 25 nitrogen and oxygen atoms in total. The monoisotopic (exact) mass is 1460 g/mol. The van der Waals surface area contributed by atoms with Gasteiger partial charge in [-0.1, -0.05) is 118 Å². The van der Waals surface area contributed by atoms with Crippen LogP contribution < -0.4 is 25.8 Å². The van der Waals surface area contributed by atoms with Crippen molar-refractivity contribution in [1.29, 1.82) is 0 Å². The number of carbonyl (C=O) groups is 9. The van der Waals surface area contributed by atoms with E-state index in [1.165, 1.54) is 52.6 Å². The van der Waals surface area contributed by atoms with Gasteiger partial charge < -0.3 is 68.5 Å². The van der Waals surface area contributed by atoms with Crippen molar-refractivity contribution < 1.29 is 81.8 Å². The summed E-state index contributed by atoms with van der Waals surface area (Å²) in [7, 11) is 9.39. The average Bonchev–Trinajstić information content (AvgIpc) is 1.58. The van der Waals surface area contributed by atoms with Crippen LogP contribution in [-0.2, 0) is 74.8 Å². The summed E-state index contributed by atoms with van der Waals surface area (Å²) in [5.41, 5.74) is 0.910. The second-order valence-electron chi connectivity index (χ2n) is 29.2. The predicted octanol–water partition coefficient (Wildman–Crippen LogP) is 8.74. The van der Waals surface area contributed by atoms with Gasteiger partial charge in [-0.3, -0.25) is 34.6 Å². The summed E-state index contributed by atoms with van der Waals surface area (Å²) in [5.74, 6) is -5.15. The Hall–Kier alpha value is -7.39. The molecule has 8 rings (SSSR count). The number of alkyl carbamates (subject to hydrolysis) is 2. The number of esters is 2. The number of ether oxygens (including phenoxy) is 6. The number of hydrogen-bond acceptors (Lipinski definition) is 18. The van der Waals surface area contributed by atoms with Crippen molar-refractivity contribution in [3.63, 3.8) is 0 Å². The molecule has 7 amide bonds. The number of nitrogens with one attached hydrogen (secondary N) is 3. The predicted molar refractivity (Wildman–Crippen MR) is 386 cm³/mol. The zero-order valence-corrected chi connectivity index (χ0v) is 64.3. The zero-order chi connectivity index (χ0) is 76.3. The summed E-state index contributed by atoms with van der Waals surface area (Å²) in [6.07, 6.45) is 5.65. The Morgan fingerprint density at radius 3 is 1.36 bits per heavy atom. The number of allylic oxidation sites excluding steroid dienone is 6. The highest BCUT2D eigenvalue weighted by atomic mass is 35.5. The SMILES string of the molecule is CCC(=O)N(C)C(C)C(=O)N(C)C(C)C(=O)OC1CC(=O)N(C)c2cc(cc(C)c2Cl)C/C(C)=C/C=C/C(C)C2(O)CC(OC(=O)N2)C(C)C2OC12C.CNC(C)C(=O)N(C)C(C)C(=O)OC1CC(=O)N(C)c2cc(cc(C)c2Cl)C/C(C)=C/C=C/C(C)C2(O)CC(OC(=O)N2)C(C)C2OC12C. The van der Waals surface area contributed by atoms with Gasteiger partial charge in [0.25, 0.3) is 0 Å². The molecule has 27 heteroatoms. The molecule has 18 atom stereocenters. The van der Waals surface area contributed by atoms with E-state index in [1.807, 2.05) is 116 Å². The van der Waals surface area contributed by atoms with Crippen LogP contribution in [0.2, 0.25) is 10.0 Å². The molecule has 6 heterocycles. The highest BCUT2D eigenvalue weighted by molar-refractivity contribution is 6.35. The molecule has 0 aliphatic carbocycles. The number of aliphatic hydroxyl groups is 2. The average molecular weight is 1460 g/mol. The van der Waals surface area contributed by atoms with Crippen molar-refractivity contribution in [2.75, 3.05) is 52.1 Å². The molecule has 2 aromatic carbocycles. The molecule has 102 heavy (non-hydrogen) atoms. The first-order chi connectivity index (χ1) is 47.5. The Morgan fingerprint density at radius 1 is 0.627 bits per heavy atom. The second-order valence-corrected chi connectivity index (χ2v) is 30.0. The van der Waals surface area contributed by atoms with E-state index in [1.54, 1.807) is 62.7 Å². The normalized spacial score (nSPS) is 32.6. The minimum absolute atomic E-state index is 0.0525. The van der Waals surface area contributed by atoms with Crippen molar-refractivity contribution in [3.05, 3.63) is 104 Å². The lowest BCUT2D eigenvalue weighted by Gasteiger charge is -2.41. The van der Waals surface area contributed by atoms with Gasteiger partial charge in [-0.15, -0.1) is 0 Å². The van der Waals surface area contributed by atoms with Crippen LogP contribution >= 0.6 is 23.2 Å². The number of hydrogen-bond donors (Lipinski definition) is 5. The first-order valence-electron chi connectivity index (χ1n) is 34.9.